The summed E-state index contributed by atoms with van der Waals surface area (Å²) in [5, 5.41) is 14.6. The van der Waals surface area contributed by atoms with Gasteiger partial charge in [-0.3, -0.25) is 0 Å². The van der Waals surface area contributed by atoms with E-state index >= 15 is 0 Å². The fourth-order valence-electron chi connectivity index (χ4n) is 5.79. The van der Waals surface area contributed by atoms with Crippen LogP contribution in [-0.2, 0) is 9.84 Å². The van der Waals surface area contributed by atoms with Crippen LogP contribution in [-0.4, -0.2) is 32.4 Å². The number of hydrogen-bond donors (Lipinski definition) is 1. The number of aliphatic hydroxyl groups excluding tert-OH is 1. The zero-order chi connectivity index (χ0) is 23.8. The van der Waals surface area contributed by atoms with Crippen molar-refractivity contribution in [3.8, 4) is 0 Å². The molecule has 4 aromatic carbocycles. The minimum atomic E-state index is -3.80. The van der Waals surface area contributed by atoms with E-state index in [1.54, 1.807) is 31.2 Å². The van der Waals surface area contributed by atoms with Gasteiger partial charge < -0.3 is 5.11 Å². The van der Waals surface area contributed by atoms with Crippen LogP contribution in [0.4, 0.5) is 0 Å². The molecule has 1 N–H and O–H groups in total. The molecule has 0 aliphatic heterocycles. The van der Waals surface area contributed by atoms with Gasteiger partial charge in [-0.1, -0.05) is 109 Å². The zero-order valence-electron chi connectivity index (χ0n) is 19.1. The zero-order valence-corrected chi connectivity index (χ0v) is 20.9. The molecule has 1 aliphatic carbocycles. The lowest BCUT2D eigenvalue weighted by Crippen LogP contribution is -2.69. The highest BCUT2D eigenvalue weighted by Gasteiger charge is 2.74. The highest BCUT2D eigenvalue weighted by molar-refractivity contribution is 7.93. The largest absolute Gasteiger partial charge is 0.392 e. The summed E-state index contributed by atoms with van der Waals surface area (Å²) in [4.78, 5) is 0.274. The Balaban J connectivity index is 1.82. The quantitative estimate of drug-likeness (QED) is 0.323. The minimum Gasteiger partial charge on any atom is -0.392 e. The average molecular weight is 485 g/mol. The molecule has 4 aromatic rings. The fraction of sp³-hybridized carbons (Fsp3) is 0.172. The number of sulfone groups is 1. The Hall–Kier alpha value is -2.99. The van der Waals surface area contributed by atoms with Crippen LogP contribution in [0.3, 0.4) is 0 Å². The average Bonchev–Trinajstić information content (AvgIpc) is 3.65. The van der Waals surface area contributed by atoms with Gasteiger partial charge in [-0.15, -0.1) is 0 Å². The van der Waals surface area contributed by atoms with Crippen molar-refractivity contribution in [3.63, 3.8) is 0 Å². The molecule has 5 heteroatoms. The predicted molar refractivity (Wildman–Crippen MR) is 140 cm³/mol. The second-order valence-electron chi connectivity index (χ2n) is 9.11. The molecule has 1 aliphatic rings. The second kappa shape index (κ2) is 8.66. The highest BCUT2D eigenvalue weighted by atomic mass is 32.2. The van der Waals surface area contributed by atoms with Crippen molar-refractivity contribution in [1.29, 1.82) is 0 Å². The lowest BCUT2D eigenvalue weighted by molar-refractivity contribution is 0.180. The molecule has 1 saturated carbocycles. The van der Waals surface area contributed by atoms with Gasteiger partial charge in [-0.2, -0.15) is 0 Å². The van der Waals surface area contributed by atoms with Gasteiger partial charge in [0.1, 0.15) is 4.75 Å². The molecular formula is C29H28O3SSi. The van der Waals surface area contributed by atoms with Gasteiger partial charge in [0.05, 0.1) is 11.0 Å². The number of benzene rings is 4. The Morgan fingerprint density at radius 3 is 1.41 bits per heavy atom. The van der Waals surface area contributed by atoms with Gasteiger partial charge >= 0.3 is 0 Å². The van der Waals surface area contributed by atoms with E-state index in [1.807, 2.05) is 60.7 Å². The van der Waals surface area contributed by atoms with Gasteiger partial charge in [-0.05, 0) is 46.6 Å². The van der Waals surface area contributed by atoms with E-state index in [4.69, 9.17) is 0 Å². The summed E-state index contributed by atoms with van der Waals surface area (Å²) >= 11 is 0. The van der Waals surface area contributed by atoms with E-state index in [9.17, 15) is 13.5 Å². The first kappa shape index (κ1) is 22.8. The van der Waals surface area contributed by atoms with Crippen LogP contribution in [0.5, 0.6) is 0 Å². The third-order valence-electron chi connectivity index (χ3n) is 7.42. The molecule has 5 rings (SSSR count). The van der Waals surface area contributed by atoms with E-state index in [0.717, 1.165) is 15.6 Å². The Bertz CT molecular complexity index is 1260. The standard InChI is InChI=1S/C29H28O3SSi/c1-23(30)29(33(31,32)24-14-6-2-7-15-24)22-28(29)34(25-16-8-3-9-17-25,26-18-10-4-11-19-26)27-20-12-5-13-21-27/h2-21,23,28,30H,22H2,1H3/t23?,28-,29+/m0/s1. The molecule has 3 nitrogen and oxygen atoms in total. The normalized spacial score (nSPS) is 21.1. The van der Waals surface area contributed by atoms with Crippen LogP contribution in [0.25, 0.3) is 0 Å². The van der Waals surface area contributed by atoms with E-state index in [0.29, 0.717) is 6.42 Å². The third-order valence-corrected chi connectivity index (χ3v) is 15.8. The van der Waals surface area contributed by atoms with Gasteiger partial charge in [0.25, 0.3) is 0 Å². The summed E-state index contributed by atoms with van der Waals surface area (Å²) in [6.45, 7) is 1.64. The third kappa shape index (κ3) is 3.30. The van der Waals surface area contributed by atoms with Gasteiger partial charge in [-0.25, -0.2) is 8.42 Å². The van der Waals surface area contributed by atoms with Crippen LogP contribution < -0.4 is 15.6 Å². The topological polar surface area (TPSA) is 54.4 Å². The number of rotatable bonds is 7. The molecule has 0 radical (unpaired) electrons. The van der Waals surface area contributed by atoms with E-state index < -0.39 is 28.8 Å². The first-order valence-corrected chi connectivity index (χ1v) is 15.2. The maximum absolute atomic E-state index is 14.2. The number of aliphatic hydroxyl groups is 1. The van der Waals surface area contributed by atoms with Crippen molar-refractivity contribution < 1.29 is 13.5 Å². The second-order valence-corrected chi connectivity index (χ2v) is 15.4. The maximum Gasteiger partial charge on any atom is 0.186 e. The van der Waals surface area contributed by atoms with Crippen molar-refractivity contribution in [2.45, 2.75) is 34.6 Å². The molecule has 1 fully saturated rings. The Kier molecular flexibility index (Phi) is 5.80. The van der Waals surface area contributed by atoms with Gasteiger partial charge in [0.2, 0.25) is 0 Å². The van der Waals surface area contributed by atoms with Gasteiger partial charge in [0.15, 0.2) is 17.9 Å². The van der Waals surface area contributed by atoms with Crippen molar-refractivity contribution in [3.05, 3.63) is 121 Å². The minimum absolute atomic E-state index is 0.225. The summed E-state index contributed by atoms with van der Waals surface area (Å²) in [7, 11) is -6.67. The summed E-state index contributed by atoms with van der Waals surface area (Å²) in [5.74, 6) is 0. The Morgan fingerprint density at radius 1 is 0.706 bits per heavy atom. The van der Waals surface area contributed by atoms with Crippen LogP contribution in [0.1, 0.15) is 13.3 Å². The summed E-state index contributed by atoms with van der Waals surface area (Å²) in [5.41, 5.74) is -0.225. The number of hydrogen-bond acceptors (Lipinski definition) is 3. The van der Waals surface area contributed by atoms with Crippen molar-refractivity contribution in [2.24, 2.45) is 0 Å². The van der Waals surface area contributed by atoms with Crippen molar-refractivity contribution in [1.82, 2.24) is 0 Å². The SMILES string of the molecule is CC(O)[C@]1(S(=O)(=O)c2ccccc2)C[C@@H]1[Si](c1ccccc1)(c1ccccc1)c1ccccc1. The van der Waals surface area contributed by atoms with Crippen LogP contribution in [0.2, 0.25) is 5.54 Å². The monoisotopic (exact) mass is 484 g/mol. The molecule has 34 heavy (non-hydrogen) atoms. The Labute approximate surface area is 202 Å². The highest BCUT2D eigenvalue weighted by Crippen LogP contribution is 2.63. The van der Waals surface area contributed by atoms with Gasteiger partial charge in [0, 0.05) is 0 Å². The molecule has 0 spiro atoms. The summed E-state index contributed by atoms with van der Waals surface area (Å²) < 4.78 is 27.1. The molecular weight excluding hydrogens is 456 g/mol. The fourth-order valence-corrected chi connectivity index (χ4v) is 15.1. The van der Waals surface area contributed by atoms with E-state index in [1.165, 1.54) is 0 Å². The molecule has 3 atom stereocenters. The predicted octanol–water partition coefficient (Wildman–Crippen LogP) is 3.52. The molecule has 0 heterocycles. The molecule has 0 aromatic heterocycles. The lowest BCUT2D eigenvalue weighted by Gasteiger charge is -2.37. The van der Waals surface area contributed by atoms with Crippen LogP contribution in [0.15, 0.2) is 126 Å². The molecule has 0 bridgehead atoms. The van der Waals surface area contributed by atoms with Crippen molar-refractivity contribution >= 4 is 33.5 Å². The summed E-state index contributed by atoms with van der Waals surface area (Å²) in [6.07, 6.45) is -0.585. The molecule has 1 unspecified atom stereocenters. The van der Waals surface area contributed by atoms with E-state index in [-0.39, 0.29) is 10.4 Å². The lowest BCUT2D eigenvalue weighted by atomic mass is 10.2. The molecule has 0 saturated heterocycles. The van der Waals surface area contributed by atoms with Crippen LogP contribution >= 0.6 is 0 Å². The van der Waals surface area contributed by atoms with E-state index in [2.05, 4.69) is 36.4 Å². The Morgan fingerprint density at radius 2 is 1.06 bits per heavy atom. The first-order valence-electron chi connectivity index (χ1n) is 11.6. The summed E-state index contributed by atoms with van der Waals surface area (Å²) in [6, 6.07) is 39.5. The maximum atomic E-state index is 14.2. The van der Waals surface area contributed by atoms with Crippen LogP contribution in [0, 0.1) is 0 Å². The van der Waals surface area contributed by atoms with Crippen molar-refractivity contribution in [2.75, 3.05) is 0 Å². The first-order chi connectivity index (χ1) is 16.5. The molecule has 172 valence electrons. The smallest absolute Gasteiger partial charge is 0.186 e. The molecule has 0 amide bonds.